The Morgan fingerprint density at radius 1 is 1.29 bits per heavy atom. The molecule has 0 saturated carbocycles. The Labute approximate surface area is 99.2 Å². The third-order valence-electron chi connectivity index (χ3n) is 2.43. The number of nitrogens with one attached hydrogen (secondary N) is 1. The Balaban J connectivity index is 2.89. The highest BCUT2D eigenvalue weighted by Gasteiger charge is 2.28. The summed E-state index contributed by atoms with van der Waals surface area (Å²) >= 11 is 0. The number of H-pyrrole nitrogens is 1. The SMILES string of the molecule is CC(C)(C)S(=O)(=O)CCn1ccc(=O)[nH]c1=O. The van der Waals surface area contributed by atoms with Crippen molar-refractivity contribution in [2.24, 2.45) is 0 Å². The molecule has 1 rings (SSSR count). The number of aromatic amines is 1. The molecule has 17 heavy (non-hydrogen) atoms. The molecular weight excluding hydrogens is 244 g/mol. The molecule has 0 fully saturated rings. The normalized spacial score (nSPS) is 12.6. The van der Waals surface area contributed by atoms with E-state index in [2.05, 4.69) is 4.98 Å². The second-order valence-electron chi connectivity index (χ2n) is 4.73. The molecule has 1 N–H and O–H groups in total. The molecule has 6 nitrogen and oxygen atoms in total. The minimum Gasteiger partial charge on any atom is -0.300 e. The van der Waals surface area contributed by atoms with Gasteiger partial charge in [-0.05, 0) is 20.8 Å². The average molecular weight is 260 g/mol. The molecule has 0 aliphatic carbocycles. The standard InChI is InChI=1S/C10H16N2O4S/c1-10(2,3)17(15,16)7-6-12-5-4-8(13)11-9(12)14/h4-5H,6-7H2,1-3H3,(H,11,13,14). The van der Waals surface area contributed by atoms with Crippen molar-refractivity contribution in [2.45, 2.75) is 32.1 Å². The maximum atomic E-state index is 11.8. The lowest BCUT2D eigenvalue weighted by molar-refractivity contribution is 0.551. The monoisotopic (exact) mass is 260 g/mol. The Morgan fingerprint density at radius 2 is 1.88 bits per heavy atom. The summed E-state index contributed by atoms with van der Waals surface area (Å²) in [5.41, 5.74) is -1.09. The summed E-state index contributed by atoms with van der Waals surface area (Å²) in [4.78, 5) is 24.2. The zero-order chi connectivity index (χ0) is 13.3. The topological polar surface area (TPSA) is 89.0 Å². The van der Waals surface area contributed by atoms with Crippen LogP contribution in [0.4, 0.5) is 0 Å². The van der Waals surface area contributed by atoms with E-state index in [9.17, 15) is 18.0 Å². The minimum absolute atomic E-state index is 0.0369. The van der Waals surface area contributed by atoms with Gasteiger partial charge in [0.05, 0.1) is 10.5 Å². The van der Waals surface area contributed by atoms with E-state index in [1.54, 1.807) is 20.8 Å². The molecule has 1 aromatic heterocycles. The number of sulfone groups is 1. The van der Waals surface area contributed by atoms with Gasteiger partial charge in [0.2, 0.25) is 0 Å². The van der Waals surface area contributed by atoms with Crippen LogP contribution in [0.2, 0.25) is 0 Å². The molecule has 1 aromatic rings. The molecule has 0 aromatic carbocycles. The average Bonchev–Trinajstić information content (AvgIpc) is 2.14. The third-order valence-corrected chi connectivity index (χ3v) is 5.02. The summed E-state index contributed by atoms with van der Waals surface area (Å²) < 4.78 is 24.0. The summed E-state index contributed by atoms with van der Waals surface area (Å²) in [6.45, 7) is 4.86. The fraction of sp³-hybridized carbons (Fsp3) is 0.600. The van der Waals surface area contributed by atoms with Gasteiger partial charge in [-0.15, -0.1) is 0 Å². The van der Waals surface area contributed by atoms with Gasteiger partial charge in [0.1, 0.15) is 0 Å². The Morgan fingerprint density at radius 3 is 2.35 bits per heavy atom. The lowest BCUT2D eigenvalue weighted by Gasteiger charge is -2.19. The first-order valence-corrected chi connectivity index (χ1v) is 6.81. The zero-order valence-corrected chi connectivity index (χ0v) is 10.9. The second kappa shape index (κ2) is 4.48. The van der Waals surface area contributed by atoms with Gasteiger partial charge in [0.25, 0.3) is 5.56 Å². The van der Waals surface area contributed by atoms with Crippen molar-refractivity contribution in [3.63, 3.8) is 0 Å². The van der Waals surface area contributed by atoms with Crippen LogP contribution in [0.5, 0.6) is 0 Å². The predicted octanol–water partition coefficient (Wildman–Crippen LogP) is -0.250. The van der Waals surface area contributed by atoms with Crippen molar-refractivity contribution < 1.29 is 8.42 Å². The summed E-state index contributed by atoms with van der Waals surface area (Å²) in [5.74, 6) is -0.136. The number of rotatable bonds is 3. The van der Waals surface area contributed by atoms with Gasteiger partial charge in [0, 0.05) is 18.8 Å². The highest BCUT2D eigenvalue weighted by Crippen LogP contribution is 2.15. The first-order chi connectivity index (χ1) is 7.63. The van der Waals surface area contributed by atoms with E-state index in [0.717, 1.165) is 0 Å². The molecule has 7 heteroatoms. The van der Waals surface area contributed by atoms with Crippen molar-refractivity contribution in [2.75, 3.05) is 5.75 Å². The lowest BCUT2D eigenvalue weighted by Crippen LogP contribution is -2.35. The smallest absolute Gasteiger partial charge is 0.300 e. The number of hydrogen-bond donors (Lipinski definition) is 1. The van der Waals surface area contributed by atoms with Crippen molar-refractivity contribution in [1.29, 1.82) is 0 Å². The van der Waals surface area contributed by atoms with Crippen molar-refractivity contribution in [3.05, 3.63) is 33.1 Å². The van der Waals surface area contributed by atoms with E-state index in [-0.39, 0.29) is 12.3 Å². The van der Waals surface area contributed by atoms with E-state index in [1.165, 1.54) is 16.8 Å². The lowest BCUT2D eigenvalue weighted by atomic mass is 10.3. The first-order valence-electron chi connectivity index (χ1n) is 5.15. The van der Waals surface area contributed by atoms with E-state index < -0.39 is 25.8 Å². The summed E-state index contributed by atoms with van der Waals surface area (Å²) in [6, 6.07) is 1.19. The Bertz CT molecular complexity index is 604. The van der Waals surface area contributed by atoms with Gasteiger partial charge < -0.3 is 0 Å². The molecule has 0 unspecified atom stereocenters. The molecule has 0 bridgehead atoms. The Kier molecular flexibility index (Phi) is 3.61. The molecule has 0 atom stereocenters. The third kappa shape index (κ3) is 3.29. The van der Waals surface area contributed by atoms with E-state index in [0.29, 0.717) is 0 Å². The quantitative estimate of drug-likeness (QED) is 0.811. The fourth-order valence-corrected chi connectivity index (χ4v) is 2.19. The largest absolute Gasteiger partial charge is 0.328 e. The first kappa shape index (κ1) is 13.7. The molecule has 0 amide bonds. The second-order valence-corrected chi connectivity index (χ2v) is 7.60. The van der Waals surface area contributed by atoms with Crippen LogP contribution in [0, 0.1) is 0 Å². The van der Waals surface area contributed by atoms with Crippen molar-refractivity contribution >= 4 is 9.84 Å². The molecule has 0 spiro atoms. The maximum Gasteiger partial charge on any atom is 0.328 e. The zero-order valence-electron chi connectivity index (χ0n) is 10.1. The van der Waals surface area contributed by atoms with Crippen LogP contribution in [0.25, 0.3) is 0 Å². The molecular formula is C10H16N2O4S. The summed E-state index contributed by atoms with van der Waals surface area (Å²) in [7, 11) is -3.27. The van der Waals surface area contributed by atoms with Crippen molar-refractivity contribution in [1.82, 2.24) is 9.55 Å². The molecule has 1 heterocycles. The molecule has 0 saturated heterocycles. The van der Waals surface area contributed by atoms with Crippen LogP contribution < -0.4 is 11.2 Å². The minimum atomic E-state index is -3.27. The van der Waals surface area contributed by atoms with Crippen LogP contribution in [0.15, 0.2) is 21.9 Å². The van der Waals surface area contributed by atoms with Crippen molar-refractivity contribution in [3.8, 4) is 0 Å². The number of nitrogens with zero attached hydrogens (tertiary/aromatic N) is 1. The molecule has 96 valence electrons. The molecule has 0 aliphatic heterocycles. The summed E-state index contributed by atoms with van der Waals surface area (Å²) in [5, 5.41) is 0. The Hall–Kier alpha value is -1.37. The number of aryl methyl sites for hydroxylation is 1. The van der Waals surface area contributed by atoms with Gasteiger partial charge >= 0.3 is 5.69 Å². The van der Waals surface area contributed by atoms with Crippen LogP contribution >= 0.6 is 0 Å². The number of aromatic nitrogens is 2. The summed E-state index contributed by atoms with van der Waals surface area (Å²) in [6.07, 6.45) is 1.29. The fourth-order valence-electron chi connectivity index (χ4n) is 1.15. The highest BCUT2D eigenvalue weighted by atomic mass is 32.2. The van der Waals surface area contributed by atoms with Gasteiger partial charge in [0.15, 0.2) is 9.84 Å². The van der Waals surface area contributed by atoms with Crippen LogP contribution in [-0.2, 0) is 16.4 Å². The maximum absolute atomic E-state index is 11.8. The predicted molar refractivity (Wildman–Crippen MR) is 64.9 cm³/mol. The van der Waals surface area contributed by atoms with Gasteiger partial charge in [-0.25, -0.2) is 13.2 Å². The van der Waals surface area contributed by atoms with Crippen LogP contribution in [0.1, 0.15) is 20.8 Å². The highest BCUT2D eigenvalue weighted by molar-refractivity contribution is 7.92. The molecule has 0 radical (unpaired) electrons. The number of hydrogen-bond acceptors (Lipinski definition) is 4. The van der Waals surface area contributed by atoms with E-state index in [1.807, 2.05) is 0 Å². The molecule has 0 aliphatic rings. The van der Waals surface area contributed by atoms with E-state index in [4.69, 9.17) is 0 Å². The van der Waals surface area contributed by atoms with E-state index >= 15 is 0 Å². The van der Waals surface area contributed by atoms with Gasteiger partial charge in [-0.2, -0.15) is 0 Å². The van der Waals surface area contributed by atoms with Crippen LogP contribution in [0.3, 0.4) is 0 Å². The van der Waals surface area contributed by atoms with Gasteiger partial charge in [-0.1, -0.05) is 0 Å². The van der Waals surface area contributed by atoms with Crippen LogP contribution in [-0.4, -0.2) is 28.5 Å². The van der Waals surface area contributed by atoms with Gasteiger partial charge in [-0.3, -0.25) is 14.3 Å².